The van der Waals surface area contributed by atoms with Crippen molar-refractivity contribution in [3.05, 3.63) is 0 Å². The highest BCUT2D eigenvalue weighted by Crippen LogP contribution is 2.16. The Labute approximate surface area is 230 Å². The van der Waals surface area contributed by atoms with Gasteiger partial charge in [-0.1, -0.05) is 206 Å². The third kappa shape index (κ3) is 34.0. The molecule has 0 saturated heterocycles. The van der Waals surface area contributed by atoms with Crippen LogP contribution in [0.1, 0.15) is 212 Å². The molecule has 0 rings (SSSR count). The van der Waals surface area contributed by atoms with E-state index in [1.807, 2.05) is 7.11 Å². The van der Waals surface area contributed by atoms with E-state index in [2.05, 4.69) is 6.92 Å². The van der Waals surface area contributed by atoms with Crippen molar-refractivity contribution in [3.8, 4) is 0 Å². The number of hydrogen-bond donors (Lipinski definition) is 0. The molecule has 0 unspecified atom stereocenters. The Morgan fingerprint density at radius 2 is 0.417 bits per heavy atom. The summed E-state index contributed by atoms with van der Waals surface area (Å²) >= 11 is 0. The van der Waals surface area contributed by atoms with E-state index in [0.29, 0.717) is 0 Å². The lowest BCUT2D eigenvalue weighted by atomic mass is 10.0. The monoisotopic (exact) mass is 509 g/mol. The van der Waals surface area contributed by atoms with Crippen LogP contribution in [0.15, 0.2) is 0 Å². The average Bonchev–Trinajstić information content (AvgIpc) is 2.89. The first-order chi connectivity index (χ1) is 17.9. The Kier molecular flexibility index (Phi) is 34.9. The Bertz CT molecular complexity index is 319. The molecule has 0 heterocycles. The van der Waals surface area contributed by atoms with Gasteiger partial charge in [-0.25, -0.2) is 0 Å². The molecule has 0 aliphatic carbocycles. The Morgan fingerprint density at radius 1 is 0.250 bits per heavy atom. The first-order valence-corrected chi connectivity index (χ1v) is 17.4. The zero-order chi connectivity index (χ0) is 26.0. The Morgan fingerprint density at radius 3 is 0.583 bits per heavy atom. The van der Waals surface area contributed by atoms with Gasteiger partial charge >= 0.3 is 0 Å². The predicted molar refractivity (Wildman–Crippen MR) is 165 cm³/mol. The molecular formula is C35H72O. The van der Waals surface area contributed by atoms with Gasteiger partial charge in [-0.3, -0.25) is 0 Å². The average molecular weight is 509 g/mol. The molecule has 0 atom stereocenters. The SMILES string of the molecule is CCCCCCCCCCCCCCCCCCCCCCCCCCCCCCCCCCOC. The molecule has 0 N–H and O–H groups in total. The molecule has 0 fully saturated rings. The summed E-state index contributed by atoms with van der Waals surface area (Å²) in [5, 5.41) is 0. The predicted octanol–water partition coefficient (Wildman–Crippen LogP) is 13.1. The van der Waals surface area contributed by atoms with Crippen LogP contribution in [0.25, 0.3) is 0 Å². The third-order valence-corrected chi connectivity index (χ3v) is 8.20. The molecule has 0 aliphatic rings. The highest BCUT2D eigenvalue weighted by Gasteiger charge is 1.97. The molecule has 0 aromatic carbocycles. The normalized spacial score (nSPS) is 11.5. The van der Waals surface area contributed by atoms with Gasteiger partial charge in [-0.2, -0.15) is 0 Å². The quantitative estimate of drug-likeness (QED) is 0.0801. The second-order valence-electron chi connectivity index (χ2n) is 12.0. The van der Waals surface area contributed by atoms with Crippen LogP contribution in [0.5, 0.6) is 0 Å². The molecule has 0 amide bonds. The van der Waals surface area contributed by atoms with Crippen molar-refractivity contribution in [3.63, 3.8) is 0 Å². The maximum absolute atomic E-state index is 5.11. The van der Waals surface area contributed by atoms with E-state index in [0.717, 1.165) is 6.61 Å². The molecule has 0 aromatic heterocycles. The highest BCUT2D eigenvalue weighted by atomic mass is 16.5. The zero-order valence-corrected chi connectivity index (χ0v) is 25.7. The summed E-state index contributed by atoms with van der Waals surface area (Å²) in [6.45, 7) is 3.25. The van der Waals surface area contributed by atoms with Crippen molar-refractivity contribution in [1.82, 2.24) is 0 Å². The van der Waals surface area contributed by atoms with E-state index in [1.165, 1.54) is 205 Å². The van der Waals surface area contributed by atoms with Crippen LogP contribution in [0.2, 0.25) is 0 Å². The van der Waals surface area contributed by atoms with Gasteiger partial charge in [0.2, 0.25) is 0 Å². The van der Waals surface area contributed by atoms with Gasteiger partial charge < -0.3 is 4.74 Å². The fourth-order valence-corrected chi connectivity index (χ4v) is 5.62. The van der Waals surface area contributed by atoms with E-state index >= 15 is 0 Å². The number of unbranched alkanes of at least 4 members (excludes halogenated alkanes) is 31. The van der Waals surface area contributed by atoms with Crippen molar-refractivity contribution in [1.29, 1.82) is 0 Å². The molecule has 1 nitrogen and oxygen atoms in total. The van der Waals surface area contributed by atoms with Crippen LogP contribution in [0, 0.1) is 0 Å². The van der Waals surface area contributed by atoms with Gasteiger partial charge in [-0.15, -0.1) is 0 Å². The first kappa shape index (κ1) is 36.0. The smallest absolute Gasteiger partial charge is 0.0462 e. The van der Waals surface area contributed by atoms with Crippen LogP contribution < -0.4 is 0 Å². The van der Waals surface area contributed by atoms with Crippen molar-refractivity contribution >= 4 is 0 Å². The standard InChI is InChI=1S/C35H72O/c1-3-4-5-6-7-8-9-10-11-12-13-14-15-16-17-18-19-20-21-22-23-24-25-26-27-28-29-30-31-32-33-34-35-36-2/h3-35H2,1-2H3. The van der Waals surface area contributed by atoms with E-state index in [1.54, 1.807) is 0 Å². The van der Waals surface area contributed by atoms with Crippen LogP contribution in [0.4, 0.5) is 0 Å². The molecule has 0 spiro atoms. The minimum atomic E-state index is 0.944. The summed E-state index contributed by atoms with van der Waals surface area (Å²) in [5.41, 5.74) is 0. The van der Waals surface area contributed by atoms with Gasteiger partial charge in [0.1, 0.15) is 0 Å². The first-order valence-electron chi connectivity index (χ1n) is 17.4. The molecule has 1 heteroatoms. The third-order valence-electron chi connectivity index (χ3n) is 8.20. The number of ether oxygens (including phenoxy) is 1. The largest absolute Gasteiger partial charge is 0.385 e. The van der Waals surface area contributed by atoms with Crippen LogP contribution in [-0.2, 0) is 4.74 Å². The summed E-state index contributed by atoms with van der Waals surface area (Å²) in [6, 6.07) is 0. The van der Waals surface area contributed by atoms with E-state index in [4.69, 9.17) is 4.74 Å². The summed E-state index contributed by atoms with van der Waals surface area (Å²) in [6.07, 6.45) is 46.8. The minimum absolute atomic E-state index is 0.944. The molecule has 0 radical (unpaired) electrons. The lowest BCUT2D eigenvalue weighted by molar-refractivity contribution is 0.192. The van der Waals surface area contributed by atoms with Crippen molar-refractivity contribution in [2.24, 2.45) is 0 Å². The molecule has 0 aliphatic heterocycles. The Balaban J connectivity index is 3.00. The van der Waals surface area contributed by atoms with E-state index < -0.39 is 0 Å². The fraction of sp³-hybridized carbons (Fsp3) is 1.00. The molecule has 36 heavy (non-hydrogen) atoms. The Hall–Kier alpha value is -0.0400. The molecule has 0 aromatic rings. The van der Waals surface area contributed by atoms with Crippen LogP contribution in [0.3, 0.4) is 0 Å². The summed E-state index contributed by atoms with van der Waals surface area (Å²) in [4.78, 5) is 0. The second-order valence-corrected chi connectivity index (χ2v) is 12.0. The van der Waals surface area contributed by atoms with Gasteiger partial charge in [0, 0.05) is 13.7 Å². The van der Waals surface area contributed by atoms with Gasteiger partial charge in [0.25, 0.3) is 0 Å². The van der Waals surface area contributed by atoms with Crippen LogP contribution in [-0.4, -0.2) is 13.7 Å². The zero-order valence-electron chi connectivity index (χ0n) is 25.7. The molecule has 0 saturated carbocycles. The van der Waals surface area contributed by atoms with Crippen molar-refractivity contribution in [2.45, 2.75) is 212 Å². The molecule has 218 valence electrons. The number of hydrogen-bond acceptors (Lipinski definition) is 1. The van der Waals surface area contributed by atoms with Crippen molar-refractivity contribution < 1.29 is 4.74 Å². The van der Waals surface area contributed by atoms with Gasteiger partial charge in [0.15, 0.2) is 0 Å². The fourth-order valence-electron chi connectivity index (χ4n) is 5.62. The van der Waals surface area contributed by atoms with E-state index in [9.17, 15) is 0 Å². The summed E-state index contributed by atoms with van der Waals surface area (Å²) in [5.74, 6) is 0. The van der Waals surface area contributed by atoms with Crippen LogP contribution >= 0.6 is 0 Å². The van der Waals surface area contributed by atoms with E-state index in [-0.39, 0.29) is 0 Å². The minimum Gasteiger partial charge on any atom is -0.385 e. The number of rotatable bonds is 33. The van der Waals surface area contributed by atoms with Crippen molar-refractivity contribution in [2.75, 3.05) is 13.7 Å². The summed E-state index contributed by atoms with van der Waals surface area (Å²) in [7, 11) is 1.81. The highest BCUT2D eigenvalue weighted by molar-refractivity contribution is 4.52. The number of methoxy groups -OCH3 is 1. The molecular weight excluding hydrogens is 436 g/mol. The lowest BCUT2D eigenvalue weighted by Crippen LogP contribution is -1.88. The maximum Gasteiger partial charge on any atom is 0.0462 e. The topological polar surface area (TPSA) is 9.23 Å². The lowest BCUT2D eigenvalue weighted by Gasteiger charge is -2.05. The molecule has 0 bridgehead atoms. The maximum atomic E-state index is 5.11. The second kappa shape index (κ2) is 35.0. The van der Waals surface area contributed by atoms with Gasteiger partial charge in [-0.05, 0) is 6.42 Å². The summed E-state index contributed by atoms with van der Waals surface area (Å²) < 4.78 is 5.11. The van der Waals surface area contributed by atoms with Gasteiger partial charge in [0.05, 0.1) is 0 Å².